The molecule has 0 atom stereocenters. The second-order valence-corrected chi connectivity index (χ2v) is 10.2. The lowest BCUT2D eigenvalue weighted by Gasteiger charge is -2.32. The molecule has 1 amide bonds. The van der Waals surface area contributed by atoms with Gasteiger partial charge in [0.1, 0.15) is 5.78 Å². The van der Waals surface area contributed by atoms with Crippen LogP contribution in [0.15, 0.2) is 53.3 Å². The molecule has 37 heavy (non-hydrogen) atoms. The van der Waals surface area contributed by atoms with Crippen LogP contribution in [0.25, 0.3) is 10.8 Å². The van der Waals surface area contributed by atoms with Gasteiger partial charge in [-0.3, -0.25) is 14.4 Å². The third kappa shape index (κ3) is 5.91. The summed E-state index contributed by atoms with van der Waals surface area (Å²) >= 11 is 0. The molecule has 5 rings (SSSR count). The number of aryl methyl sites for hydroxylation is 1. The lowest BCUT2D eigenvalue weighted by atomic mass is 9.89. The number of hydrogen-bond donors (Lipinski definition) is 1. The van der Waals surface area contributed by atoms with E-state index in [4.69, 9.17) is 5.10 Å². The van der Waals surface area contributed by atoms with Gasteiger partial charge < -0.3 is 15.1 Å². The van der Waals surface area contributed by atoms with Gasteiger partial charge in [0.25, 0.3) is 5.56 Å². The Labute approximate surface area is 217 Å². The number of hydrogen-bond acceptors (Lipinski definition) is 6. The van der Waals surface area contributed by atoms with Crippen LogP contribution in [0.1, 0.15) is 50.5 Å². The molecule has 1 aromatic heterocycles. The van der Waals surface area contributed by atoms with Gasteiger partial charge in [-0.1, -0.05) is 30.3 Å². The van der Waals surface area contributed by atoms with Gasteiger partial charge in [0, 0.05) is 50.5 Å². The smallest absolute Gasteiger partial charge is 0.274 e. The van der Waals surface area contributed by atoms with Gasteiger partial charge in [-0.15, -0.1) is 0 Å². The molecule has 0 spiro atoms. The van der Waals surface area contributed by atoms with Crippen molar-refractivity contribution < 1.29 is 9.59 Å². The minimum Gasteiger partial charge on any atom is -0.354 e. The molecule has 8 nitrogen and oxygen atoms in total. The number of nitrogens with zero attached hydrogens (tertiary/aromatic N) is 4. The predicted octanol–water partition coefficient (Wildman–Crippen LogP) is 3.79. The summed E-state index contributed by atoms with van der Waals surface area (Å²) in [5.41, 5.74) is 2.09. The third-order valence-electron chi connectivity index (χ3n) is 7.58. The molecular weight excluding hydrogens is 466 g/mol. The number of likely N-dealkylation sites (tertiary alicyclic amines) is 1. The minimum atomic E-state index is -0.0508. The summed E-state index contributed by atoms with van der Waals surface area (Å²) < 4.78 is 1.62. The van der Waals surface area contributed by atoms with Crippen LogP contribution in [0, 0.1) is 0 Å². The first-order valence-corrected chi connectivity index (χ1v) is 13.3. The molecule has 1 N–H and O–H groups in total. The quantitative estimate of drug-likeness (QED) is 0.530. The van der Waals surface area contributed by atoms with Gasteiger partial charge in [0.15, 0.2) is 5.82 Å². The average Bonchev–Trinajstić information content (AvgIpc) is 2.91. The maximum absolute atomic E-state index is 13.2. The monoisotopic (exact) mass is 501 g/mol. The number of anilines is 2. The summed E-state index contributed by atoms with van der Waals surface area (Å²) in [7, 11) is 0. The Kier molecular flexibility index (Phi) is 7.65. The molecule has 2 aliphatic rings. The topological polar surface area (TPSA) is 87.5 Å². The van der Waals surface area contributed by atoms with E-state index < -0.39 is 0 Å². The molecule has 2 aliphatic heterocycles. The summed E-state index contributed by atoms with van der Waals surface area (Å²) in [6.45, 7) is 6.36. The summed E-state index contributed by atoms with van der Waals surface area (Å²) in [5, 5.41) is 9.21. The van der Waals surface area contributed by atoms with Crippen molar-refractivity contribution in [2.45, 2.75) is 51.5 Å². The molecule has 8 heteroatoms. The SMILES string of the molecule is CC(=O)Nc1cccc(C2CCN(CCCn3nc(N4CCC(=O)CC4)c4ccccc4c3=O)CC2)c1. The maximum atomic E-state index is 13.2. The molecule has 3 heterocycles. The zero-order chi connectivity index (χ0) is 25.8. The van der Waals surface area contributed by atoms with Gasteiger partial charge in [-0.05, 0) is 68.6 Å². The molecule has 0 bridgehead atoms. The lowest BCUT2D eigenvalue weighted by molar-refractivity contribution is -0.119. The van der Waals surface area contributed by atoms with Crippen molar-refractivity contribution in [1.29, 1.82) is 0 Å². The summed E-state index contributed by atoms with van der Waals surface area (Å²) in [6.07, 6.45) is 4.07. The number of amides is 1. The standard InChI is InChI=1S/C29H35N5O3/c1-21(35)30-24-7-4-6-23(20-24)22-10-16-32(17-11-22)14-5-15-34-29(37)27-9-3-2-8-26(27)28(31-34)33-18-12-25(36)13-19-33/h2-4,6-9,20,22H,5,10-19H2,1H3,(H,30,35). The van der Waals surface area contributed by atoms with Crippen molar-refractivity contribution in [3.63, 3.8) is 0 Å². The van der Waals surface area contributed by atoms with E-state index >= 15 is 0 Å². The second kappa shape index (κ2) is 11.3. The number of carbonyl (C=O) groups excluding carboxylic acids is 2. The first-order chi connectivity index (χ1) is 18.0. The number of rotatable bonds is 7. The number of nitrogens with one attached hydrogen (secondary N) is 1. The van der Waals surface area contributed by atoms with Crippen LogP contribution in [-0.2, 0) is 16.1 Å². The minimum absolute atomic E-state index is 0.0507. The van der Waals surface area contributed by atoms with Crippen LogP contribution in [0.5, 0.6) is 0 Å². The number of carbonyl (C=O) groups is 2. The van der Waals surface area contributed by atoms with E-state index in [2.05, 4.69) is 27.2 Å². The normalized spacial score (nSPS) is 17.3. The lowest BCUT2D eigenvalue weighted by Crippen LogP contribution is -2.37. The molecule has 0 saturated carbocycles. The molecule has 2 saturated heterocycles. The van der Waals surface area contributed by atoms with Crippen LogP contribution >= 0.6 is 0 Å². The number of Topliss-reactive ketones (excluding diaryl/α,β-unsaturated/α-hetero) is 1. The highest BCUT2D eigenvalue weighted by atomic mass is 16.1. The van der Waals surface area contributed by atoms with Gasteiger partial charge in [0.05, 0.1) is 5.39 Å². The fourth-order valence-corrected chi connectivity index (χ4v) is 5.58. The van der Waals surface area contributed by atoms with Crippen molar-refractivity contribution >= 4 is 34.0 Å². The van der Waals surface area contributed by atoms with Gasteiger partial charge in [-0.25, -0.2) is 4.68 Å². The van der Waals surface area contributed by atoms with E-state index in [1.807, 2.05) is 36.4 Å². The summed E-state index contributed by atoms with van der Waals surface area (Å²) in [5.74, 6) is 1.54. The van der Waals surface area contributed by atoms with Crippen LogP contribution in [0.4, 0.5) is 11.5 Å². The van der Waals surface area contributed by atoms with Crippen LogP contribution in [0.2, 0.25) is 0 Å². The van der Waals surface area contributed by atoms with Crippen LogP contribution in [-0.4, -0.2) is 59.1 Å². The number of aromatic nitrogens is 2. The van der Waals surface area contributed by atoms with Gasteiger partial charge in [0.2, 0.25) is 5.91 Å². The molecule has 3 aromatic rings. The van der Waals surface area contributed by atoms with Crippen molar-refractivity contribution in [1.82, 2.24) is 14.7 Å². The first kappa shape index (κ1) is 25.1. The Morgan fingerprint density at radius 2 is 1.68 bits per heavy atom. The molecule has 0 aliphatic carbocycles. The van der Waals surface area contributed by atoms with Crippen molar-refractivity contribution in [3.8, 4) is 0 Å². The van der Waals surface area contributed by atoms with E-state index in [1.165, 1.54) is 12.5 Å². The average molecular weight is 502 g/mol. The van der Waals surface area contributed by atoms with Gasteiger partial charge >= 0.3 is 0 Å². The van der Waals surface area contributed by atoms with E-state index in [-0.39, 0.29) is 17.2 Å². The highest BCUT2D eigenvalue weighted by Gasteiger charge is 2.23. The molecule has 2 aromatic carbocycles. The number of ketones is 1. The number of benzene rings is 2. The Morgan fingerprint density at radius 3 is 2.41 bits per heavy atom. The van der Waals surface area contributed by atoms with Crippen LogP contribution in [0.3, 0.4) is 0 Å². The fraction of sp³-hybridized carbons (Fsp3) is 0.448. The predicted molar refractivity (Wildman–Crippen MR) is 146 cm³/mol. The molecule has 0 unspecified atom stereocenters. The number of fused-ring (bicyclic) bond motifs is 1. The van der Waals surface area contributed by atoms with Crippen LogP contribution < -0.4 is 15.8 Å². The highest BCUT2D eigenvalue weighted by Crippen LogP contribution is 2.30. The van der Waals surface area contributed by atoms with E-state index in [1.54, 1.807) is 4.68 Å². The zero-order valence-electron chi connectivity index (χ0n) is 21.5. The Balaban J connectivity index is 1.20. The van der Waals surface area contributed by atoms with Gasteiger partial charge in [-0.2, -0.15) is 5.10 Å². The summed E-state index contributed by atoms with van der Waals surface area (Å²) in [4.78, 5) is 40.9. The Hall–Kier alpha value is -3.52. The Bertz CT molecular complexity index is 1330. The van der Waals surface area contributed by atoms with E-state index in [0.29, 0.717) is 43.8 Å². The van der Waals surface area contributed by atoms with Crippen molar-refractivity contribution in [3.05, 3.63) is 64.4 Å². The van der Waals surface area contributed by atoms with Crippen molar-refractivity contribution in [2.75, 3.05) is 42.9 Å². The third-order valence-corrected chi connectivity index (χ3v) is 7.58. The highest BCUT2D eigenvalue weighted by molar-refractivity contribution is 5.92. The van der Waals surface area contributed by atoms with E-state index in [0.717, 1.165) is 55.8 Å². The first-order valence-electron chi connectivity index (χ1n) is 13.3. The summed E-state index contributed by atoms with van der Waals surface area (Å²) in [6, 6.07) is 15.8. The number of piperidine rings is 2. The molecular formula is C29H35N5O3. The maximum Gasteiger partial charge on any atom is 0.274 e. The molecule has 2 fully saturated rings. The molecule has 194 valence electrons. The second-order valence-electron chi connectivity index (χ2n) is 10.2. The largest absolute Gasteiger partial charge is 0.354 e. The fourth-order valence-electron chi connectivity index (χ4n) is 5.58. The molecule has 0 radical (unpaired) electrons. The van der Waals surface area contributed by atoms with Crippen molar-refractivity contribution in [2.24, 2.45) is 0 Å². The van der Waals surface area contributed by atoms with E-state index in [9.17, 15) is 14.4 Å². The zero-order valence-corrected chi connectivity index (χ0v) is 21.5. The Morgan fingerprint density at radius 1 is 0.946 bits per heavy atom.